The van der Waals surface area contributed by atoms with E-state index in [1.54, 1.807) is 24.3 Å². The van der Waals surface area contributed by atoms with Crippen LogP contribution in [-0.2, 0) is 9.59 Å². The number of nitrogens with one attached hydrogen (secondary N) is 1. The summed E-state index contributed by atoms with van der Waals surface area (Å²) in [4.78, 5) is 18.2. The molecular weight excluding hydrogens is 321 g/mol. The molecule has 0 fully saturated rings. The van der Waals surface area contributed by atoms with Crippen molar-refractivity contribution < 1.29 is 24.5 Å². The third-order valence-electron chi connectivity index (χ3n) is 1.90. The quantitative estimate of drug-likeness (QED) is 0.419. The van der Waals surface area contributed by atoms with Crippen LogP contribution in [0.2, 0.25) is 10.0 Å². The van der Waals surface area contributed by atoms with E-state index in [4.69, 9.17) is 47.7 Å². The summed E-state index contributed by atoms with van der Waals surface area (Å²) in [6.07, 6.45) is 1.80. The zero-order chi connectivity index (χ0) is 16.3. The maximum Gasteiger partial charge on any atom is 0.414 e. The Labute approximate surface area is 131 Å². The molecule has 1 aromatic rings. The van der Waals surface area contributed by atoms with E-state index < -0.39 is 11.9 Å². The number of hydrogen-bond donors (Lipinski definition) is 3. The number of aliphatic carboxylic acids is 2. The molecule has 0 aliphatic heterocycles. The minimum absolute atomic E-state index is 0.550. The molecule has 0 saturated heterocycles. The van der Waals surface area contributed by atoms with Crippen LogP contribution in [0.3, 0.4) is 0 Å². The number of carbonyl (C=O) groups is 2. The molecule has 0 saturated carbocycles. The Morgan fingerprint density at radius 2 is 1.90 bits per heavy atom. The smallest absolute Gasteiger partial charge is 0.414 e. The highest BCUT2D eigenvalue weighted by Gasteiger charge is 2.04. The van der Waals surface area contributed by atoms with E-state index in [9.17, 15) is 0 Å². The van der Waals surface area contributed by atoms with E-state index in [2.05, 4.69) is 11.9 Å². The summed E-state index contributed by atoms with van der Waals surface area (Å²) in [5, 5.41) is 19.1. The molecule has 0 aliphatic carbocycles. The lowest BCUT2D eigenvalue weighted by atomic mass is 10.3. The molecule has 0 amide bonds. The van der Waals surface area contributed by atoms with Crippen molar-refractivity contribution in [2.45, 2.75) is 0 Å². The average Bonchev–Trinajstić information content (AvgIpc) is 2.43. The van der Waals surface area contributed by atoms with Crippen LogP contribution in [0.25, 0.3) is 0 Å². The summed E-state index contributed by atoms with van der Waals surface area (Å²) < 4.78 is 5.45. The summed E-state index contributed by atoms with van der Waals surface area (Å²) in [7, 11) is 0. The molecule has 0 spiro atoms. The summed E-state index contributed by atoms with van der Waals surface area (Å²) in [6.45, 7) is 5.67. The van der Waals surface area contributed by atoms with Gasteiger partial charge in [0.15, 0.2) is 0 Å². The van der Waals surface area contributed by atoms with Crippen LogP contribution in [0.15, 0.2) is 30.9 Å². The first kappa shape index (κ1) is 19.2. The molecule has 21 heavy (non-hydrogen) atoms. The van der Waals surface area contributed by atoms with Crippen molar-refractivity contribution in [2.24, 2.45) is 0 Å². The topological polar surface area (TPSA) is 95.9 Å². The van der Waals surface area contributed by atoms with Crippen molar-refractivity contribution in [3.05, 3.63) is 40.9 Å². The first-order valence-corrected chi connectivity index (χ1v) is 6.49. The van der Waals surface area contributed by atoms with Gasteiger partial charge in [0.1, 0.15) is 12.4 Å². The van der Waals surface area contributed by atoms with Gasteiger partial charge in [0.2, 0.25) is 0 Å². The van der Waals surface area contributed by atoms with Crippen molar-refractivity contribution >= 4 is 35.1 Å². The summed E-state index contributed by atoms with van der Waals surface area (Å²) in [6, 6.07) is 5.15. The van der Waals surface area contributed by atoms with E-state index in [1.165, 1.54) is 0 Å². The third-order valence-corrected chi connectivity index (χ3v) is 2.45. The van der Waals surface area contributed by atoms with E-state index >= 15 is 0 Å². The van der Waals surface area contributed by atoms with E-state index in [-0.39, 0.29) is 0 Å². The minimum Gasteiger partial charge on any atom is -0.491 e. The van der Waals surface area contributed by atoms with Crippen LogP contribution in [0.5, 0.6) is 5.75 Å². The van der Waals surface area contributed by atoms with Crippen molar-refractivity contribution in [3.8, 4) is 5.75 Å². The zero-order valence-electron chi connectivity index (χ0n) is 11.0. The van der Waals surface area contributed by atoms with Gasteiger partial charge in [-0.25, -0.2) is 9.59 Å². The number of rotatable bonds is 6. The monoisotopic (exact) mass is 335 g/mol. The van der Waals surface area contributed by atoms with Crippen molar-refractivity contribution in [1.29, 1.82) is 0 Å². The number of carboxylic acid groups (broad SMARTS) is 2. The van der Waals surface area contributed by atoms with Crippen LogP contribution < -0.4 is 10.1 Å². The first-order chi connectivity index (χ1) is 9.88. The normalized spacial score (nSPS) is 9.24. The predicted octanol–water partition coefficient (Wildman–Crippen LogP) is 2.30. The fourth-order valence-corrected chi connectivity index (χ4v) is 1.36. The van der Waals surface area contributed by atoms with E-state index in [0.29, 0.717) is 22.4 Å². The van der Waals surface area contributed by atoms with Gasteiger partial charge >= 0.3 is 11.9 Å². The Kier molecular flexibility index (Phi) is 10.0. The fraction of sp³-hybridized carbons (Fsp3) is 0.231. The lowest BCUT2D eigenvalue weighted by molar-refractivity contribution is -0.159. The molecule has 0 unspecified atom stereocenters. The lowest BCUT2D eigenvalue weighted by Crippen LogP contribution is -2.20. The number of ether oxygens (including phenoxy) is 1. The van der Waals surface area contributed by atoms with Gasteiger partial charge in [-0.15, -0.1) is 6.58 Å². The molecular formula is C13H15Cl2NO5. The second-order valence-electron chi connectivity index (χ2n) is 3.53. The van der Waals surface area contributed by atoms with Gasteiger partial charge in [0, 0.05) is 24.2 Å². The Balaban J connectivity index is 0.000000567. The molecule has 0 heterocycles. The van der Waals surface area contributed by atoms with Crippen molar-refractivity contribution in [2.75, 3.05) is 19.7 Å². The Morgan fingerprint density at radius 1 is 1.29 bits per heavy atom. The van der Waals surface area contributed by atoms with Gasteiger partial charge in [-0.1, -0.05) is 29.3 Å². The number of hydrogen-bond acceptors (Lipinski definition) is 4. The maximum absolute atomic E-state index is 9.10. The average molecular weight is 336 g/mol. The number of benzene rings is 1. The van der Waals surface area contributed by atoms with Crippen molar-refractivity contribution in [3.63, 3.8) is 0 Å². The number of halogens is 2. The van der Waals surface area contributed by atoms with Gasteiger partial charge < -0.3 is 20.3 Å². The van der Waals surface area contributed by atoms with Crippen molar-refractivity contribution in [1.82, 2.24) is 5.32 Å². The van der Waals surface area contributed by atoms with Crippen LogP contribution >= 0.6 is 23.2 Å². The second-order valence-corrected chi connectivity index (χ2v) is 4.37. The van der Waals surface area contributed by atoms with E-state index in [0.717, 1.165) is 13.1 Å². The number of carboxylic acids is 2. The molecule has 0 atom stereocenters. The highest BCUT2D eigenvalue weighted by molar-refractivity contribution is 6.34. The predicted molar refractivity (Wildman–Crippen MR) is 80.3 cm³/mol. The molecule has 0 aliphatic rings. The van der Waals surface area contributed by atoms with Crippen LogP contribution in [0, 0.1) is 0 Å². The maximum atomic E-state index is 9.10. The minimum atomic E-state index is -1.82. The Bertz CT molecular complexity index is 481. The highest BCUT2D eigenvalue weighted by atomic mass is 35.5. The lowest BCUT2D eigenvalue weighted by Gasteiger charge is -2.08. The highest BCUT2D eigenvalue weighted by Crippen LogP contribution is 2.27. The fourth-order valence-electron chi connectivity index (χ4n) is 1.03. The Hall–Kier alpha value is -1.76. The third kappa shape index (κ3) is 9.73. The SMILES string of the molecule is C=CCNCCOc1cc(Cl)ccc1Cl.O=C(O)C(=O)O. The Morgan fingerprint density at radius 3 is 2.43 bits per heavy atom. The zero-order valence-corrected chi connectivity index (χ0v) is 12.5. The van der Waals surface area contributed by atoms with Gasteiger partial charge in [-0.3, -0.25) is 0 Å². The van der Waals surface area contributed by atoms with Gasteiger partial charge in [0.05, 0.1) is 5.02 Å². The van der Waals surface area contributed by atoms with E-state index in [1.807, 2.05) is 0 Å². The van der Waals surface area contributed by atoms with Crippen LogP contribution in [0.4, 0.5) is 0 Å². The second kappa shape index (κ2) is 11.0. The molecule has 0 radical (unpaired) electrons. The summed E-state index contributed by atoms with van der Waals surface area (Å²) in [5.74, 6) is -3.03. The molecule has 8 heteroatoms. The standard InChI is InChI=1S/C11H13Cl2NO.C2H2O4/c1-2-5-14-6-7-15-11-8-9(12)3-4-10(11)13;3-1(4)2(5)6/h2-4,8,14H,1,5-7H2;(H,3,4)(H,5,6). The van der Waals surface area contributed by atoms with Gasteiger partial charge in [-0.2, -0.15) is 0 Å². The summed E-state index contributed by atoms with van der Waals surface area (Å²) >= 11 is 11.7. The van der Waals surface area contributed by atoms with Crippen LogP contribution in [0.1, 0.15) is 0 Å². The largest absolute Gasteiger partial charge is 0.491 e. The molecule has 1 rings (SSSR count). The first-order valence-electron chi connectivity index (χ1n) is 5.74. The summed E-state index contributed by atoms with van der Waals surface area (Å²) in [5.41, 5.74) is 0. The molecule has 3 N–H and O–H groups in total. The molecule has 0 aromatic heterocycles. The molecule has 6 nitrogen and oxygen atoms in total. The molecule has 116 valence electrons. The molecule has 1 aromatic carbocycles. The molecule has 0 bridgehead atoms. The van der Waals surface area contributed by atoms with Gasteiger partial charge in [0.25, 0.3) is 0 Å². The van der Waals surface area contributed by atoms with Gasteiger partial charge in [-0.05, 0) is 12.1 Å². The van der Waals surface area contributed by atoms with Crippen LogP contribution in [-0.4, -0.2) is 41.8 Å².